The van der Waals surface area contributed by atoms with Crippen LogP contribution in [0.4, 0.5) is 0 Å². The Hall–Kier alpha value is -0.0800. The number of nitrogens with one attached hydrogen (secondary N) is 1. The summed E-state index contributed by atoms with van der Waals surface area (Å²) in [5, 5.41) is 12.6. The molecule has 2 N–H and O–H groups in total. The lowest BCUT2D eigenvalue weighted by Crippen LogP contribution is -2.36. The van der Waals surface area contributed by atoms with Gasteiger partial charge in [0.05, 0.1) is 5.60 Å². The first-order chi connectivity index (χ1) is 5.27. The van der Waals surface area contributed by atoms with E-state index in [-0.39, 0.29) is 5.60 Å². The fraction of sp³-hybridized carbons (Fsp3) is 1.00. The average molecular weight is 159 g/mol. The quantitative estimate of drug-likeness (QED) is 0.640. The van der Waals surface area contributed by atoms with Crippen molar-refractivity contribution in [1.29, 1.82) is 0 Å². The van der Waals surface area contributed by atoms with Crippen LogP contribution in [0.3, 0.4) is 0 Å². The molecule has 0 saturated heterocycles. The van der Waals surface area contributed by atoms with E-state index in [1.54, 1.807) is 0 Å². The van der Waals surface area contributed by atoms with Crippen LogP contribution in [0.5, 0.6) is 0 Å². The normalized spacial score (nSPS) is 20.7. The zero-order chi connectivity index (χ0) is 8.74. The Labute approximate surface area is 70.0 Å². The third kappa shape index (κ3) is 3.73. The van der Waals surface area contributed by atoms with E-state index >= 15 is 0 Å². The van der Waals surface area contributed by atoms with Crippen molar-refractivity contribution in [3.05, 3.63) is 0 Å². The fourth-order valence-corrected chi connectivity index (χ4v) is 1.54. The predicted molar refractivity (Wildman–Crippen MR) is 48.7 cm³/mol. The molecule has 0 bridgehead atoms. The Morgan fingerprint density at radius 1 is 1.27 bits per heavy atom. The van der Waals surface area contributed by atoms with E-state index < -0.39 is 0 Å². The van der Waals surface area contributed by atoms with Gasteiger partial charge in [0.25, 0.3) is 0 Å². The van der Waals surface area contributed by atoms with Gasteiger partial charge in [-0.05, 0) is 19.9 Å². The van der Waals surface area contributed by atoms with Crippen LogP contribution >= 0.6 is 0 Å². The maximum atomic E-state index is 9.63. The Bertz CT molecular complexity index is 87.6. The predicted octanol–water partition coefficient (Wildman–Crippen LogP) is 1.54. The lowest BCUT2D eigenvalue weighted by Gasteiger charge is -2.20. The highest BCUT2D eigenvalue weighted by molar-refractivity contribution is 4.85. The lowest BCUT2D eigenvalue weighted by molar-refractivity contribution is 0.0498. The van der Waals surface area contributed by atoms with Gasteiger partial charge in [-0.2, -0.15) is 0 Å². The summed E-state index contributed by atoms with van der Waals surface area (Å²) in [6, 6.07) is 0. The van der Waals surface area contributed by atoms with E-state index in [4.69, 9.17) is 0 Å². The molecule has 68 valence electrons. The van der Waals surface area contributed by atoms with Crippen molar-refractivity contribution in [2.24, 2.45) is 0 Å². The molecule has 1 aliphatic rings. The van der Waals surface area contributed by atoms with Gasteiger partial charge in [0.15, 0.2) is 0 Å². The van der Waals surface area contributed by atoms with Gasteiger partial charge in [0, 0.05) is 6.54 Å². The third-order valence-electron chi connectivity index (χ3n) is 2.04. The summed E-state index contributed by atoms with van der Waals surface area (Å²) in [5.41, 5.74) is -0.366. The average Bonchev–Trinajstić information content (AvgIpc) is 2.41. The van der Waals surface area contributed by atoms with Gasteiger partial charge < -0.3 is 10.4 Å². The first-order valence-electron chi connectivity index (χ1n) is 4.64. The summed E-state index contributed by atoms with van der Waals surface area (Å²) in [4.78, 5) is 0. The van der Waals surface area contributed by atoms with Gasteiger partial charge in [-0.1, -0.05) is 26.7 Å². The van der Waals surface area contributed by atoms with Gasteiger partial charge in [-0.3, -0.25) is 0 Å². The van der Waals surface area contributed by atoms with Crippen LogP contribution in [0.2, 0.25) is 0 Å². The Morgan fingerprint density at radius 2 is 1.73 bits per heavy atom. The molecule has 0 aromatic heterocycles. The van der Waals surface area contributed by atoms with Crippen LogP contribution in [-0.4, -0.2) is 24.3 Å². The monoisotopic (exact) mass is 159 g/mol. The van der Waals surface area contributed by atoms with E-state index in [0.717, 1.165) is 19.4 Å². The van der Waals surface area contributed by atoms with Gasteiger partial charge in [-0.15, -0.1) is 0 Å². The van der Waals surface area contributed by atoms with Gasteiger partial charge in [0.2, 0.25) is 0 Å². The number of hydrogen-bond donors (Lipinski definition) is 2. The minimum atomic E-state index is -0.366. The van der Waals surface area contributed by atoms with Crippen molar-refractivity contribution in [1.82, 2.24) is 5.32 Å². The standard InChI is InChI=1S/C7H15NO.C2H6/c1-8-6-7(9)4-2-3-5-7;1-2/h8-9H,2-6H2,1H3;1-2H3. The highest BCUT2D eigenvalue weighted by Gasteiger charge is 2.29. The Morgan fingerprint density at radius 3 is 2.09 bits per heavy atom. The molecular formula is C9H21NO. The molecule has 0 unspecified atom stereocenters. The summed E-state index contributed by atoms with van der Waals surface area (Å²) in [6.07, 6.45) is 4.35. The van der Waals surface area contributed by atoms with Crippen molar-refractivity contribution in [3.63, 3.8) is 0 Å². The SMILES string of the molecule is CC.CNCC1(O)CCCC1. The topological polar surface area (TPSA) is 32.3 Å². The van der Waals surface area contributed by atoms with Crippen LogP contribution in [-0.2, 0) is 0 Å². The molecule has 0 aromatic carbocycles. The largest absolute Gasteiger partial charge is 0.389 e. The van der Waals surface area contributed by atoms with E-state index in [1.165, 1.54) is 12.8 Å². The highest BCUT2D eigenvalue weighted by Crippen LogP contribution is 2.28. The first-order valence-corrected chi connectivity index (χ1v) is 4.64. The van der Waals surface area contributed by atoms with Crippen molar-refractivity contribution in [2.45, 2.75) is 45.1 Å². The maximum absolute atomic E-state index is 9.63. The maximum Gasteiger partial charge on any atom is 0.0771 e. The molecule has 11 heavy (non-hydrogen) atoms. The molecule has 0 spiro atoms. The molecule has 0 radical (unpaired) electrons. The van der Waals surface area contributed by atoms with Crippen molar-refractivity contribution >= 4 is 0 Å². The lowest BCUT2D eigenvalue weighted by atomic mass is 10.0. The molecule has 0 aliphatic heterocycles. The van der Waals surface area contributed by atoms with E-state index in [0.29, 0.717) is 0 Å². The molecule has 0 atom stereocenters. The molecule has 1 fully saturated rings. The number of rotatable bonds is 2. The van der Waals surface area contributed by atoms with Crippen molar-refractivity contribution in [3.8, 4) is 0 Å². The molecule has 0 heterocycles. The van der Waals surface area contributed by atoms with E-state index in [9.17, 15) is 5.11 Å². The van der Waals surface area contributed by atoms with Crippen LogP contribution in [0.1, 0.15) is 39.5 Å². The molecule has 1 aliphatic carbocycles. The van der Waals surface area contributed by atoms with Gasteiger partial charge >= 0.3 is 0 Å². The van der Waals surface area contributed by atoms with Crippen LogP contribution in [0.25, 0.3) is 0 Å². The van der Waals surface area contributed by atoms with E-state index in [1.807, 2.05) is 20.9 Å². The van der Waals surface area contributed by atoms with Crippen molar-refractivity contribution in [2.75, 3.05) is 13.6 Å². The number of hydrogen-bond acceptors (Lipinski definition) is 2. The number of aliphatic hydroxyl groups is 1. The second-order valence-electron chi connectivity index (χ2n) is 2.96. The summed E-state index contributed by atoms with van der Waals surface area (Å²) in [7, 11) is 1.89. The zero-order valence-corrected chi connectivity index (χ0v) is 7.98. The molecule has 0 aromatic rings. The highest BCUT2D eigenvalue weighted by atomic mass is 16.3. The fourth-order valence-electron chi connectivity index (χ4n) is 1.54. The Kier molecular flexibility index (Phi) is 5.51. The van der Waals surface area contributed by atoms with Crippen LogP contribution in [0.15, 0.2) is 0 Å². The summed E-state index contributed by atoms with van der Waals surface area (Å²) in [6.45, 7) is 4.76. The summed E-state index contributed by atoms with van der Waals surface area (Å²) >= 11 is 0. The minimum absolute atomic E-state index is 0.366. The molecule has 1 rings (SSSR count). The summed E-state index contributed by atoms with van der Waals surface area (Å²) in [5.74, 6) is 0. The van der Waals surface area contributed by atoms with Gasteiger partial charge in [0.1, 0.15) is 0 Å². The van der Waals surface area contributed by atoms with E-state index in [2.05, 4.69) is 5.32 Å². The second-order valence-corrected chi connectivity index (χ2v) is 2.96. The van der Waals surface area contributed by atoms with Crippen LogP contribution < -0.4 is 5.32 Å². The molecule has 1 saturated carbocycles. The van der Waals surface area contributed by atoms with Gasteiger partial charge in [-0.25, -0.2) is 0 Å². The number of likely N-dealkylation sites (N-methyl/N-ethyl adjacent to an activating group) is 1. The molecule has 0 amide bonds. The Balaban J connectivity index is 0.000000461. The third-order valence-corrected chi connectivity index (χ3v) is 2.04. The molecular weight excluding hydrogens is 138 g/mol. The second kappa shape index (κ2) is 5.56. The molecule has 2 heteroatoms. The smallest absolute Gasteiger partial charge is 0.0771 e. The first kappa shape index (κ1) is 10.9. The zero-order valence-electron chi connectivity index (χ0n) is 7.98. The molecule has 2 nitrogen and oxygen atoms in total. The summed E-state index contributed by atoms with van der Waals surface area (Å²) < 4.78 is 0. The minimum Gasteiger partial charge on any atom is -0.389 e. The van der Waals surface area contributed by atoms with Crippen molar-refractivity contribution < 1.29 is 5.11 Å². The van der Waals surface area contributed by atoms with Crippen LogP contribution in [0, 0.1) is 0 Å².